The van der Waals surface area contributed by atoms with Gasteiger partial charge in [0.05, 0.1) is 31.2 Å². The summed E-state index contributed by atoms with van der Waals surface area (Å²) in [5.74, 6) is -1.75. The summed E-state index contributed by atoms with van der Waals surface area (Å²) in [6.07, 6.45) is 0. The Bertz CT molecular complexity index is 1110. The van der Waals surface area contributed by atoms with E-state index in [1.54, 1.807) is 18.2 Å². The average Bonchev–Trinajstić information content (AvgIpc) is 3.21. The lowest BCUT2D eigenvalue weighted by Gasteiger charge is -2.09. The van der Waals surface area contributed by atoms with E-state index >= 15 is 0 Å². The molecule has 0 aliphatic rings. The molecule has 0 saturated heterocycles. The number of nitrogens with zero attached hydrogens (tertiary/aromatic N) is 2. The number of carbonyl (C=O) groups is 2. The molecule has 0 saturated carbocycles. The van der Waals surface area contributed by atoms with E-state index in [1.807, 2.05) is 0 Å². The molecule has 1 heterocycles. The van der Waals surface area contributed by atoms with Gasteiger partial charge in [0, 0.05) is 12.1 Å². The molecule has 1 aromatic heterocycles. The first kappa shape index (κ1) is 22.4. The Morgan fingerprint density at radius 2 is 1.87 bits per heavy atom. The molecule has 12 heteroatoms. The van der Waals surface area contributed by atoms with E-state index in [9.17, 15) is 18.4 Å². The Kier molecular flexibility index (Phi) is 7.36. The van der Waals surface area contributed by atoms with Crippen molar-refractivity contribution in [3.8, 4) is 11.5 Å². The van der Waals surface area contributed by atoms with E-state index in [1.165, 1.54) is 14.2 Å². The van der Waals surface area contributed by atoms with Crippen LogP contribution in [0.4, 0.5) is 19.6 Å². The minimum Gasteiger partial charge on any atom is -0.497 e. The Labute approximate surface area is 184 Å². The van der Waals surface area contributed by atoms with Gasteiger partial charge in [0.1, 0.15) is 23.1 Å². The zero-order valence-electron chi connectivity index (χ0n) is 16.3. The number of halogens is 2. The van der Waals surface area contributed by atoms with Crippen LogP contribution < -0.4 is 20.1 Å². The number of methoxy groups -OCH3 is 2. The van der Waals surface area contributed by atoms with Gasteiger partial charge in [0.25, 0.3) is 5.91 Å². The maximum Gasteiger partial charge on any atom is 0.261 e. The largest absolute Gasteiger partial charge is 0.497 e. The molecule has 0 atom stereocenters. The van der Waals surface area contributed by atoms with Crippen LogP contribution in [-0.2, 0) is 4.79 Å². The van der Waals surface area contributed by atoms with Gasteiger partial charge in [-0.05, 0) is 24.3 Å². The second kappa shape index (κ2) is 10.2. The third-order valence-electron chi connectivity index (χ3n) is 3.81. The lowest BCUT2D eigenvalue weighted by atomic mass is 10.2. The summed E-state index contributed by atoms with van der Waals surface area (Å²) in [4.78, 5) is 24.5. The Balaban J connectivity index is 1.56. The first-order valence-corrected chi connectivity index (χ1v) is 10.4. The van der Waals surface area contributed by atoms with E-state index < -0.39 is 23.4 Å². The first-order valence-electron chi connectivity index (χ1n) is 8.64. The Hall–Kier alpha value is -3.25. The van der Waals surface area contributed by atoms with Crippen LogP contribution in [0, 0.1) is 11.6 Å². The van der Waals surface area contributed by atoms with Crippen LogP contribution in [-0.4, -0.2) is 42.0 Å². The summed E-state index contributed by atoms with van der Waals surface area (Å²) >= 11 is 2.13. The summed E-state index contributed by atoms with van der Waals surface area (Å²) in [7, 11) is 2.94. The number of amides is 2. The number of nitrogens with one attached hydrogen (secondary N) is 2. The van der Waals surface area contributed by atoms with E-state index in [0.717, 1.165) is 35.2 Å². The number of anilines is 2. The zero-order valence-corrected chi connectivity index (χ0v) is 17.9. The van der Waals surface area contributed by atoms with Crippen LogP contribution in [0.3, 0.4) is 0 Å². The molecule has 0 fully saturated rings. The normalized spacial score (nSPS) is 10.5. The topological polar surface area (TPSA) is 102 Å². The van der Waals surface area contributed by atoms with Crippen molar-refractivity contribution in [2.75, 3.05) is 30.6 Å². The number of thioether (sulfide) groups is 1. The zero-order chi connectivity index (χ0) is 22.4. The second-order valence-electron chi connectivity index (χ2n) is 5.85. The molecule has 0 bridgehead atoms. The molecule has 0 radical (unpaired) electrons. The predicted octanol–water partition coefficient (Wildman–Crippen LogP) is 3.82. The van der Waals surface area contributed by atoms with Crippen LogP contribution in [0.25, 0.3) is 0 Å². The molecular formula is C19H16F2N4O4S2. The molecule has 0 aliphatic heterocycles. The van der Waals surface area contributed by atoms with E-state index in [0.29, 0.717) is 21.9 Å². The number of hydrogen-bond acceptors (Lipinski definition) is 8. The van der Waals surface area contributed by atoms with Crippen LogP contribution in [0.15, 0.2) is 40.7 Å². The predicted molar refractivity (Wildman–Crippen MR) is 113 cm³/mol. The third-order valence-corrected chi connectivity index (χ3v) is 5.78. The molecule has 2 aromatic carbocycles. The van der Waals surface area contributed by atoms with Crippen molar-refractivity contribution in [2.45, 2.75) is 4.34 Å². The molecule has 31 heavy (non-hydrogen) atoms. The van der Waals surface area contributed by atoms with Crippen molar-refractivity contribution < 1.29 is 27.8 Å². The van der Waals surface area contributed by atoms with Crippen LogP contribution in [0.2, 0.25) is 0 Å². The van der Waals surface area contributed by atoms with Gasteiger partial charge in [0.2, 0.25) is 11.0 Å². The number of rotatable bonds is 8. The molecule has 3 rings (SSSR count). The van der Waals surface area contributed by atoms with Crippen molar-refractivity contribution >= 4 is 45.7 Å². The van der Waals surface area contributed by atoms with Crippen molar-refractivity contribution in [3.05, 3.63) is 53.6 Å². The van der Waals surface area contributed by atoms with Gasteiger partial charge in [-0.1, -0.05) is 23.1 Å². The summed E-state index contributed by atoms with van der Waals surface area (Å²) in [6, 6.07) is 7.63. The minimum atomic E-state index is -0.867. The highest BCUT2D eigenvalue weighted by molar-refractivity contribution is 8.01. The van der Waals surface area contributed by atoms with Crippen molar-refractivity contribution in [1.82, 2.24) is 10.2 Å². The Morgan fingerprint density at radius 1 is 1.06 bits per heavy atom. The van der Waals surface area contributed by atoms with E-state index in [2.05, 4.69) is 20.8 Å². The first-order chi connectivity index (χ1) is 14.9. The summed E-state index contributed by atoms with van der Waals surface area (Å²) in [5.41, 5.74) is 0.166. The molecular weight excluding hydrogens is 450 g/mol. The smallest absolute Gasteiger partial charge is 0.261 e. The molecule has 162 valence electrons. The van der Waals surface area contributed by atoms with Gasteiger partial charge in [-0.15, -0.1) is 10.2 Å². The summed E-state index contributed by atoms with van der Waals surface area (Å²) in [5, 5.41) is 13.0. The molecule has 2 amide bonds. The molecule has 0 aliphatic carbocycles. The number of ether oxygens (including phenoxy) is 2. The number of hydrogen-bond donors (Lipinski definition) is 2. The molecule has 3 aromatic rings. The maximum atomic E-state index is 13.6. The summed E-state index contributed by atoms with van der Waals surface area (Å²) < 4.78 is 37.3. The van der Waals surface area contributed by atoms with Crippen LogP contribution in [0.5, 0.6) is 11.5 Å². The lowest BCUT2D eigenvalue weighted by molar-refractivity contribution is -0.113. The van der Waals surface area contributed by atoms with Crippen molar-refractivity contribution in [1.29, 1.82) is 0 Å². The fourth-order valence-electron chi connectivity index (χ4n) is 2.37. The van der Waals surface area contributed by atoms with Gasteiger partial charge in [-0.3, -0.25) is 14.9 Å². The van der Waals surface area contributed by atoms with E-state index in [4.69, 9.17) is 9.47 Å². The van der Waals surface area contributed by atoms with Crippen molar-refractivity contribution in [3.63, 3.8) is 0 Å². The minimum absolute atomic E-state index is 0.0777. The third kappa shape index (κ3) is 5.89. The highest BCUT2D eigenvalue weighted by Gasteiger charge is 2.16. The SMILES string of the molecule is COc1ccc(C(=O)Nc2nnc(SCC(=O)Nc3ccc(F)cc3F)s2)c(OC)c1. The van der Waals surface area contributed by atoms with Crippen LogP contribution >= 0.6 is 23.1 Å². The standard InChI is InChI=1S/C19H16F2N4O4S2/c1-28-11-4-5-12(15(8-11)29-2)17(27)23-18-24-25-19(31-18)30-9-16(26)22-14-6-3-10(20)7-13(14)21/h3-8H,9H2,1-2H3,(H,22,26)(H,23,24,27). The number of aromatic nitrogens is 2. The maximum absolute atomic E-state index is 13.6. The molecule has 2 N–H and O–H groups in total. The monoisotopic (exact) mass is 466 g/mol. The van der Waals surface area contributed by atoms with Gasteiger partial charge in [-0.2, -0.15) is 0 Å². The second-order valence-corrected chi connectivity index (χ2v) is 8.05. The highest BCUT2D eigenvalue weighted by atomic mass is 32.2. The number of benzene rings is 2. The molecule has 0 spiro atoms. The lowest BCUT2D eigenvalue weighted by Crippen LogP contribution is -2.15. The highest BCUT2D eigenvalue weighted by Crippen LogP contribution is 2.28. The van der Waals surface area contributed by atoms with Gasteiger partial charge in [0.15, 0.2) is 4.34 Å². The van der Waals surface area contributed by atoms with Gasteiger partial charge in [-0.25, -0.2) is 8.78 Å². The quantitative estimate of drug-likeness (QED) is 0.384. The Morgan fingerprint density at radius 3 is 2.58 bits per heavy atom. The van der Waals surface area contributed by atoms with Gasteiger partial charge >= 0.3 is 0 Å². The fourth-order valence-corrected chi connectivity index (χ4v) is 3.92. The number of carbonyl (C=O) groups excluding carboxylic acids is 2. The molecule has 8 nitrogen and oxygen atoms in total. The van der Waals surface area contributed by atoms with Crippen LogP contribution in [0.1, 0.15) is 10.4 Å². The summed E-state index contributed by atoms with van der Waals surface area (Å²) in [6.45, 7) is 0. The fraction of sp³-hybridized carbons (Fsp3) is 0.158. The van der Waals surface area contributed by atoms with E-state index in [-0.39, 0.29) is 22.1 Å². The van der Waals surface area contributed by atoms with Crippen molar-refractivity contribution in [2.24, 2.45) is 0 Å². The molecule has 0 unspecified atom stereocenters. The average molecular weight is 466 g/mol. The van der Waals surface area contributed by atoms with Gasteiger partial charge < -0.3 is 14.8 Å².